The minimum atomic E-state index is -0.370. The molecular formula is C18H19BrN2O2. The van der Waals surface area contributed by atoms with Crippen molar-refractivity contribution in [3.8, 4) is 0 Å². The molecule has 2 aromatic rings. The number of hydrogen-bond donors (Lipinski definition) is 1. The van der Waals surface area contributed by atoms with Gasteiger partial charge < -0.3 is 5.32 Å². The van der Waals surface area contributed by atoms with Gasteiger partial charge in [0.05, 0.1) is 4.92 Å². The Morgan fingerprint density at radius 2 is 1.74 bits per heavy atom. The summed E-state index contributed by atoms with van der Waals surface area (Å²) in [5.74, 6) is 0.665. The molecule has 120 valence electrons. The Morgan fingerprint density at radius 3 is 2.39 bits per heavy atom. The van der Waals surface area contributed by atoms with Gasteiger partial charge in [-0.25, -0.2) is 0 Å². The molecule has 1 aliphatic rings. The fraction of sp³-hybridized carbons (Fsp3) is 0.333. The normalized spacial score (nSPS) is 15.3. The van der Waals surface area contributed by atoms with Crippen molar-refractivity contribution in [1.29, 1.82) is 0 Å². The molecule has 1 N–H and O–H groups in total. The number of nitro groups is 1. The van der Waals surface area contributed by atoms with Crippen molar-refractivity contribution in [2.45, 2.75) is 38.0 Å². The predicted octanol–water partition coefficient (Wildman–Crippen LogP) is 6.15. The molecule has 0 spiro atoms. The lowest BCUT2D eigenvalue weighted by Crippen LogP contribution is -2.04. The van der Waals surface area contributed by atoms with Gasteiger partial charge in [-0.05, 0) is 48.6 Å². The van der Waals surface area contributed by atoms with E-state index >= 15 is 0 Å². The number of benzene rings is 2. The van der Waals surface area contributed by atoms with E-state index in [1.165, 1.54) is 43.7 Å². The molecule has 3 rings (SSSR count). The van der Waals surface area contributed by atoms with E-state index in [9.17, 15) is 10.1 Å². The van der Waals surface area contributed by atoms with Crippen LogP contribution in [0.1, 0.15) is 43.6 Å². The summed E-state index contributed by atoms with van der Waals surface area (Å²) in [6.07, 6.45) is 6.51. The summed E-state index contributed by atoms with van der Waals surface area (Å²) in [7, 11) is 0. The van der Waals surface area contributed by atoms with E-state index in [0.717, 1.165) is 10.2 Å². The minimum absolute atomic E-state index is 0.0737. The largest absolute Gasteiger partial charge is 0.350 e. The van der Waals surface area contributed by atoms with Gasteiger partial charge in [-0.3, -0.25) is 10.1 Å². The Kier molecular flexibility index (Phi) is 4.96. The highest BCUT2D eigenvalue weighted by atomic mass is 79.9. The molecule has 1 saturated carbocycles. The van der Waals surface area contributed by atoms with Crippen LogP contribution in [0.25, 0.3) is 0 Å². The second kappa shape index (κ2) is 7.13. The number of halogens is 1. The third-order valence-corrected chi connectivity index (χ3v) is 4.91. The van der Waals surface area contributed by atoms with E-state index < -0.39 is 0 Å². The van der Waals surface area contributed by atoms with Crippen LogP contribution in [-0.4, -0.2) is 4.92 Å². The van der Waals surface area contributed by atoms with Crippen molar-refractivity contribution in [1.82, 2.24) is 0 Å². The second-order valence-electron chi connectivity index (χ2n) is 6.00. The molecule has 1 fully saturated rings. The Hall–Kier alpha value is -1.88. The highest BCUT2D eigenvalue weighted by molar-refractivity contribution is 9.10. The number of hydrogen-bond acceptors (Lipinski definition) is 3. The van der Waals surface area contributed by atoms with Crippen molar-refractivity contribution in [3.05, 3.63) is 62.6 Å². The van der Waals surface area contributed by atoms with E-state index in [0.29, 0.717) is 11.6 Å². The lowest BCUT2D eigenvalue weighted by Gasteiger charge is -2.22. The zero-order chi connectivity index (χ0) is 16.2. The van der Waals surface area contributed by atoms with Crippen LogP contribution in [0.3, 0.4) is 0 Å². The zero-order valence-electron chi connectivity index (χ0n) is 12.8. The van der Waals surface area contributed by atoms with Gasteiger partial charge in [0.2, 0.25) is 0 Å². The van der Waals surface area contributed by atoms with Crippen LogP contribution in [0.5, 0.6) is 0 Å². The number of nitro benzene ring substituents is 1. The lowest BCUT2D eigenvalue weighted by atomic mass is 9.84. The van der Waals surface area contributed by atoms with Crippen molar-refractivity contribution < 1.29 is 4.92 Å². The molecule has 0 heterocycles. The Balaban J connectivity index is 1.78. The fourth-order valence-electron chi connectivity index (χ4n) is 3.20. The minimum Gasteiger partial charge on any atom is -0.350 e. The smallest absolute Gasteiger partial charge is 0.292 e. The van der Waals surface area contributed by atoms with Gasteiger partial charge in [0.15, 0.2) is 0 Å². The first-order chi connectivity index (χ1) is 11.1. The Labute approximate surface area is 144 Å². The van der Waals surface area contributed by atoms with Crippen molar-refractivity contribution in [3.63, 3.8) is 0 Å². The van der Waals surface area contributed by atoms with Crippen LogP contribution >= 0.6 is 15.9 Å². The fourth-order valence-corrected chi connectivity index (χ4v) is 3.56. The number of anilines is 2. The topological polar surface area (TPSA) is 55.2 Å². The first-order valence-corrected chi connectivity index (χ1v) is 8.74. The first kappa shape index (κ1) is 16.0. The van der Waals surface area contributed by atoms with Gasteiger partial charge >= 0.3 is 0 Å². The monoisotopic (exact) mass is 374 g/mol. The molecule has 1 aliphatic carbocycles. The molecule has 0 amide bonds. The molecule has 2 aromatic carbocycles. The third kappa shape index (κ3) is 3.91. The first-order valence-electron chi connectivity index (χ1n) is 7.94. The predicted molar refractivity (Wildman–Crippen MR) is 96.3 cm³/mol. The number of nitrogens with zero attached hydrogens (tertiary/aromatic N) is 1. The molecule has 0 unspecified atom stereocenters. The average molecular weight is 375 g/mol. The summed E-state index contributed by atoms with van der Waals surface area (Å²) < 4.78 is 0.810. The van der Waals surface area contributed by atoms with E-state index in [-0.39, 0.29) is 10.6 Å². The maximum atomic E-state index is 11.1. The van der Waals surface area contributed by atoms with Crippen molar-refractivity contribution >= 4 is 33.0 Å². The summed E-state index contributed by atoms with van der Waals surface area (Å²) in [6.45, 7) is 0. The molecular weight excluding hydrogens is 356 g/mol. The maximum absolute atomic E-state index is 11.1. The van der Waals surface area contributed by atoms with Gasteiger partial charge in [0, 0.05) is 16.2 Å². The molecule has 0 atom stereocenters. The van der Waals surface area contributed by atoms with Crippen LogP contribution in [-0.2, 0) is 0 Å². The van der Waals surface area contributed by atoms with E-state index in [2.05, 4.69) is 33.4 Å². The molecule has 0 radical (unpaired) electrons. The Morgan fingerprint density at radius 1 is 1.04 bits per heavy atom. The second-order valence-corrected chi connectivity index (χ2v) is 6.92. The summed E-state index contributed by atoms with van der Waals surface area (Å²) in [5.41, 5.74) is 2.81. The number of rotatable bonds is 4. The molecule has 0 bridgehead atoms. The summed E-state index contributed by atoms with van der Waals surface area (Å²) in [6, 6.07) is 13.2. The Bertz CT molecular complexity index is 695. The van der Waals surface area contributed by atoms with Crippen molar-refractivity contribution in [2.24, 2.45) is 0 Å². The molecule has 4 nitrogen and oxygen atoms in total. The van der Waals surface area contributed by atoms with Gasteiger partial charge in [-0.2, -0.15) is 0 Å². The highest BCUT2D eigenvalue weighted by Crippen LogP contribution is 2.34. The van der Waals surface area contributed by atoms with Crippen molar-refractivity contribution in [2.75, 3.05) is 5.32 Å². The maximum Gasteiger partial charge on any atom is 0.292 e. The average Bonchev–Trinajstić information content (AvgIpc) is 2.56. The van der Waals surface area contributed by atoms with Gasteiger partial charge in [-0.15, -0.1) is 0 Å². The molecule has 5 heteroatoms. The molecule has 0 aromatic heterocycles. The van der Waals surface area contributed by atoms with E-state index in [4.69, 9.17) is 0 Å². The van der Waals surface area contributed by atoms with Crippen LogP contribution in [0.15, 0.2) is 46.9 Å². The molecule has 0 saturated heterocycles. The van der Waals surface area contributed by atoms with Gasteiger partial charge in [0.1, 0.15) is 5.69 Å². The van der Waals surface area contributed by atoms with E-state index in [1.54, 1.807) is 12.1 Å². The highest BCUT2D eigenvalue weighted by Gasteiger charge is 2.16. The quantitative estimate of drug-likeness (QED) is 0.515. The zero-order valence-corrected chi connectivity index (χ0v) is 14.4. The van der Waals surface area contributed by atoms with Crippen LogP contribution < -0.4 is 5.32 Å². The molecule has 23 heavy (non-hydrogen) atoms. The summed E-state index contributed by atoms with van der Waals surface area (Å²) in [5, 5.41) is 14.3. The van der Waals surface area contributed by atoms with Gasteiger partial charge in [0.25, 0.3) is 5.69 Å². The van der Waals surface area contributed by atoms with Gasteiger partial charge in [-0.1, -0.05) is 47.3 Å². The van der Waals surface area contributed by atoms with Crippen LogP contribution in [0, 0.1) is 10.1 Å². The SMILES string of the molecule is O=[N+]([O-])c1ccc(Br)cc1Nc1ccc(C2CCCCC2)cc1. The summed E-state index contributed by atoms with van der Waals surface area (Å²) in [4.78, 5) is 10.8. The lowest BCUT2D eigenvalue weighted by molar-refractivity contribution is -0.383. The standard InChI is InChI=1S/C18H19BrN2O2/c19-15-8-11-18(21(22)23)17(12-15)20-16-9-6-14(7-10-16)13-4-2-1-3-5-13/h6-13,20H,1-5H2. The van der Waals surface area contributed by atoms with Crippen LogP contribution in [0.2, 0.25) is 0 Å². The van der Waals surface area contributed by atoms with Crippen LogP contribution in [0.4, 0.5) is 17.1 Å². The summed E-state index contributed by atoms with van der Waals surface area (Å²) >= 11 is 3.36. The number of nitrogens with one attached hydrogen (secondary N) is 1. The molecule has 0 aliphatic heterocycles. The third-order valence-electron chi connectivity index (χ3n) is 4.42. The van der Waals surface area contributed by atoms with E-state index in [1.807, 2.05) is 12.1 Å².